The van der Waals surface area contributed by atoms with Gasteiger partial charge in [-0.3, -0.25) is 9.59 Å². The van der Waals surface area contributed by atoms with Crippen molar-refractivity contribution in [2.24, 2.45) is 0 Å². The molecule has 0 bridgehead atoms. The number of nitrogens with zero attached hydrogens (tertiary/aromatic N) is 1. The fourth-order valence-electron chi connectivity index (χ4n) is 0.846. The van der Waals surface area contributed by atoms with Crippen molar-refractivity contribution in [3.63, 3.8) is 0 Å². The van der Waals surface area contributed by atoms with Crippen LogP contribution in [0.15, 0.2) is 12.2 Å². The van der Waals surface area contributed by atoms with E-state index >= 15 is 0 Å². The zero-order valence-corrected chi connectivity index (χ0v) is 8.69. The summed E-state index contributed by atoms with van der Waals surface area (Å²) in [7, 11) is 1.47. The van der Waals surface area contributed by atoms with Gasteiger partial charge in [0.15, 0.2) is 0 Å². The lowest BCUT2D eigenvalue weighted by molar-refractivity contribution is -0.133. The average molecular weight is 214 g/mol. The molecule has 0 saturated carbocycles. The van der Waals surface area contributed by atoms with E-state index in [1.54, 1.807) is 6.92 Å². The lowest BCUT2D eigenvalue weighted by Gasteiger charge is -2.17. The van der Waals surface area contributed by atoms with E-state index < -0.39 is 11.9 Å². The predicted molar refractivity (Wildman–Crippen MR) is 53.1 cm³/mol. The maximum absolute atomic E-state index is 11.3. The fraction of sp³-hybridized carbons (Fsp3) is 0.444. The number of nitrogens with one attached hydrogen (secondary N) is 1. The minimum Gasteiger partial charge on any atom is -0.478 e. The van der Waals surface area contributed by atoms with Gasteiger partial charge in [-0.1, -0.05) is 0 Å². The number of hydrogen-bond acceptors (Lipinski definition) is 3. The molecular weight excluding hydrogens is 200 g/mol. The SMILES string of the molecule is CCN(CC(=O)NC)C(=O)/C=C/C(=O)O. The van der Waals surface area contributed by atoms with Gasteiger partial charge >= 0.3 is 5.97 Å². The summed E-state index contributed by atoms with van der Waals surface area (Å²) in [6.07, 6.45) is 1.67. The predicted octanol–water partition coefficient (Wildman–Crippen LogP) is -0.778. The van der Waals surface area contributed by atoms with Crippen molar-refractivity contribution < 1.29 is 19.5 Å². The molecule has 0 atom stereocenters. The van der Waals surface area contributed by atoms with Gasteiger partial charge in [0.05, 0.1) is 6.54 Å². The Kier molecular flexibility index (Phi) is 5.77. The molecule has 6 nitrogen and oxygen atoms in total. The average Bonchev–Trinajstić information content (AvgIpc) is 2.21. The van der Waals surface area contributed by atoms with Crippen LogP contribution in [0.3, 0.4) is 0 Å². The lowest BCUT2D eigenvalue weighted by Crippen LogP contribution is -2.38. The molecule has 0 aliphatic rings. The maximum Gasteiger partial charge on any atom is 0.328 e. The summed E-state index contributed by atoms with van der Waals surface area (Å²) < 4.78 is 0. The molecule has 0 aromatic rings. The van der Waals surface area contributed by atoms with E-state index in [1.165, 1.54) is 11.9 Å². The van der Waals surface area contributed by atoms with Crippen LogP contribution in [0.4, 0.5) is 0 Å². The Morgan fingerprint density at radius 3 is 2.33 bits per heavy atom. The number of hydrogen-bond donors (Lipinski definition) is 2. The highest BCUT2D eigenvalue weighted by molar-refractivity contribution is 5.95. The molecule has 0 aromatic carbocycles. The number of carbonyl (C=O) groups excluding carboxylic acids is 2. The van der Waals surface area contributed by atoms with Crippen LogP contribution in [0.2, 0.25) is 0 Å². The van der Waals surface area contributed by atoms with E-state index in [0.717, 1.165) is 12.2 Å². The highest BCUT2D eigenvalue weighted by Crippen LogP contribution is 1.91. The Labute approximate surface area is 87.6 Å². The normalized spacial score (nSPS) is 10.0. The van der Waals surface area contributed by atoms with Crippen molar-refractivity contribution in [3.05, 3.63) is 12.2 Å². The van der Waals surface area contributed by atoms with Crippen molar-refractivity contribution in [1.82, 2.24) is 10.2 Å². The molecule has 0 aliphatic heterocycles. The number of amides is 2. The topological polar surface area (TPSA) is 86.7 Å². The summed E-state index contributed by atoms with van der Waals surface area (Å²) >= 11 is 0. The first-order valence-corrected chi connectivity index (χ1v) is 4.41. The molecule has 2 N–H and O–H groups in total. The van der Waals surface area contributed by atoms with Gasteiger partial charge in [-0.05, 0) is 6.92 Å². The quantitative estimate of drug-likeness (QED) is 0.588. The van der Waals surface area contributed by atoms with Crippen LogP contribution >= 0.6 is 0 Å². The van der Waals surface area contributed by atoms with Crippen molar-refractivity contribution in [3.8, 4) is 0 Å². The van der Waals surface area contributed by atoms with Gasteiger partial charge in [0.1, 0.15) is 0 Å². The third kappa shape index (κ3) is 5.45. The smallest absolute Gasteiger partial charge is 0.328 e. The van der Waals surface area contributed by atoms with Crippen LogP contribution in [0, 0.1) is 0 Å². The molecular formula is C9H14N2O4. The van der Waals surface area contributed by atoms with E-state index in [9.17, 15) is 14.4 Å². The number of likely N-dealkylation sites (N-methyl/N-ethyl adjacent to an activating group) is 2. The zero-order chi connectivity index (χ0) is 11.8. The van der Waals surface area contributed by atoms with E-state index in [-0.39, 0.29) is 12.5 Å². The highest BCUT2D eigenvalue weighted by atomic mass is 16.4. The van der Waals surface area contributed by atoms with E-state index in [4.69, 9.17) is 5.11 Å². The van der Waals surface area contributed by atoms with Crippen molar-refractivity contribution >= 4 is 17.8 Å². The van der Waals surface area contributed by atoms with Crippen LogP contribution in [0.25, 0.3) is 0 Å². The van der Waals surface area contributed by atoms with Gasteiger partial charge in [-0.15, -0.1) is 0 Å². The minimum absolute atomic E-state index is 0.0736. The van der Waals surface area contributed by atoms with Crippen LogP contribution in [0.1, 0.15) is 6.92 Å². The Hall–Kier alpha value is -1.85. The van der Waals surface area contributed by atoms with E-state index in [1.807, 2.05) is 0 Å². The molecule has 0 radical (unpaired) electrons. The number of aliphatic carboxylic acids is 1. The molecule has 0 saturated heterocycles. The largest absolute Gasteiger partial charge is 0.478 e. The molecule has 0 unspecified atom stereocenters. The van der Waals surface area contributed by atoms with E-state index in [0.29, 0.717) is 6.54 Å². The summed E-state index contributed by atoms with van der Waals surface area (Å²) in [6.45, 7) is 1.97. The second kappa shape index (κ2) is 6.58. The molecule has 0 heterocycles. The van der Waals surface area contributed by atoms with Gasteiger partial charge in [0, 0.05) is 25.7 Å². The Balaban J connectivity index is 4.34. The monoisotopic (exact) mass is 214 g/mol. The zero-order valence-electron chi connectivity index (χ0n) is 8.69. The van der Waals surface area contributed by atoms with Crippen molar-refractivity contribution in [1.29, 1.82) is 0 Å². The Bertz CT molecular complexity index is 286. The standard InChI is InChI=1S/C9H14N2O4/c1-3-11(6-7(12)10-2)8(13)4-5-9(14)15/h4-5H,3,6H2,1-2H3,(H,10,12)(H,14,15)/b5-4+. The summed E-state index contributed by atoms with van der Waals surface area (Å²) in [6, 6.07) is 0. The second-order valence-electron chi connectivity index (χ2n) is 2.70. The minimum atomic E-state index is -1.20. The molecule has 2 amide bonds. The summed E-state index contributed by atoms with van der Waals surface area (Å²) in [5.41, 5.74) is 0. The van der Waals surface area contributed by atoms with Gasteiger partial charge in [-0.2, -0.15) is 0 Å². The Morgan fingerprint density at radius 1 is 1.33 bits per heavy atom. The van der Waals surface area contributed by atoms with Crippen LogP contribution in [0.5, 0.6) is 0 Å². The summed E-state index contributed by atoms with van der Waals surface area (Å²) in [5, 5.41) is 10.7. The summed E-state index contributed by atoms with van der Waals surface area (Å²) in [5.74, 6) is -1.99. The summed E-state index contributed by atoms with van der Waals surface area (Å²) in [4.78, 5) is 33.7. The van der Waals surface area contributed by atoms with Crippen LogP contribution < -0.4 is 5.32 Å². The molecule has 0 aliphatic carbocycles. The molecule has 6 heteroatoms. The Morgan fingerprint density at radius 2 is 1.93 bits per heavy atom. The molecule has 84 valence electrons. The molecule has 0 rings (SSSR count). The molecule has 0 fully saturated rings. The second-order valence-corrected chi connectivity index (χ2v) is 2.70. The first-order valence-electron chi connectivity index (χ1n) is 4.41. The van der Waals surface area contributed by atoms with Crippen molar-refractivity contribution in [2.75, 3.05) is 20.1 Å². The molecule has 0 aromatic heterocycles. The first kappa shape index (κ1) is 13.2. The maximum atomic E-state index is 11.3. The third-order valence-corrected chi connectivity index (χ3v) is 1.68. The van der Waals surface area contributed by atoms with Gasteiger partial charge < -0.3 is 15.3 Å². The number of rotatable bonds is 5. The third-order valence-electron chi connectivity index (χ3n) is 1.68. The lowest BCUT2D eigenvalue weighted by atomic mass is 10.4. The first-order chi connectivity index (χ1) is 7.01. The van der Waals surface area contributed by atoms with Crippen LogP contribution in [-0.2, 0) is 14.4 Å². The number of carboxylic acids is 1. The van der Waals surface area contributed by atoms with E-state index in [2.05, 4.69) is 5.32 Å². The number of carboxylic acid groups (broad SMARTS) is 1. The number of carbonyl (C=O) groups is 3. The van der Waals surface area contributed by atoms with Gasteiger partial charge in [0.25, 0.3) is 0 Å². The van der Waals surface area contributed by atoms with Crippen molar-refractivity contribution in [2.45, 2.75) is 6.92 Å². The fourth-order valence-corrected chi connectivity index (χ4v) is 0.846. The molecule has 0 spiro atoms. The van der Waals surface area contributed by atoms with Gasteiger partial charge in [0.2, 0.25) is 11.8 Å². The highest BCUT2D eigenvalue weighted by Gasteiger charge is 2.11. The van der Waals surface area contributed by atoms with Gasteiger partial charge in [-0.25, -0.2) is 4.79 Å². The molecule has 15 heavy (non-hydrogen) atoms. The van der Waals surface area contributed by atoms with Crippen LogP contribution in [-0.4, -0.2) is 47.9 Å².